The zero-order valence-corrected chi connectivity index (χ0v) is 15.6. The van der Waals surface area contributed by atoms with Gasteiger partial charge in [0, 0.05) is 0 Å². The van der Waals surface area contributed by atoms with Crippen molar-refractivity contribution in [1.29, 1.82) is 0 Å². The monoisotopic (exact) mass is 386 g/mol. The molecule has 0 aliphatic rings. The van der Waals surface area contributed by atoms with Crippen LogP contribution in [-0.4, -0.2) is 16.0 Å². The molecule has 0 radical (unpaired) electrons. The summed E-state index contributed by atoms with van der Waals surface area (Å²) in [4.78, 5) is 0. The number of hydrogen-bond acceptors (Lipinski definition) is 0. The molecule has 0 unspecified atom stereocenters. The van der Waals surface area contributed by atoms with Crippen LogP contribution < -0.4 is 4.46 Å². The van der Waals surface area contributed by atoms with Gasteiger partial charge in [0.2, 0.25) is 0 Å². The first-order chi connectivity index (χ1) is 12.3. The summed E-state index contributed by atoms with van der Waals surface area (Å²) in [7, 11) is 0. The molecule has 120 valence electrons. The van der Waals surface area contributed by atoms with Crippen LogP contribution >= 0.6 is 0 Å². The number of rotatable bonds is 3. The van der Waals surface area contributed by atoms with Gasteiger partial charge in [-0.2, -0.15) is 0 Å². The molecule has 25 heavy (non-hydrogen) atoms. The van der Waals surface area contributed by atoms with Crippen LogP contribution in [0, 0.1) is 0 Å². The van der Waals surface area contributed by atoms with Crippen LogP contribution in [0.1, 0.15) is 0 Å². The maximum atomic E-state index is 2.77. The average Bonchev–Trinajstić information content (AvgIpc) is 2.70. The van der Waals surface area contributed by atoms with Crippen LogP contribution in [0.2, 0.25) is 0 Å². The molecular weight excluding hydrogens is 367 g/mol. The summed E-state index contributed by atoms with van der Waals surface area (Å²) in [6.07, 6.45) is 0. The molecule has 4 rings (SSSR count). The normalized spacial score (nSPS) is 10.6. The van der Waals surface area contributed by atoms with E-state index in [-0.39, 0.29) is 0 Å². The summed E-state index contributed by atoms with van der Waals surface area (Å²) in [6, 6.07) is 36.4. The van der Waals surface area contributed by atoms with Crippen molar-refractivity contribution in [2.24, 2.45) is 0 Å². The molecule has 1 heteroatoms. The first kappa shape index (κ1) is 15.9. The summed E-state index contributed by atoms with van der Waals surface area (Å²) >= 11 is 2.77. The van der Waals surface area contributed by atoms with Gasteiger partial charge in [0.25, 0.3) is 0 Å². The Balaban J connectivity index is 1.98. The van der Waals surface area contributed by atoms with Gasteiger partial charge in [0.05, 0.1) is 0 Å². The van der Waals surface area contributed by atoms with Crippen molar-refractivity contribution < 1.29 is 0 Å². The predicted octanol–water partition coefficient (Wildman–Crippen LogP) is 5.21. The standard InChI is InChI=1S/C24H18Se/c25-24-22(19-12-6-2-7-13-19)16-21(18-10-4-1-5-11-18)17-23(24)20-14-8-3-9-15-20/h1-17,25H. The Morgan fingerprint density at radius 3 is 1.16 bits per heavy atom. The molecule has 0 fully saturated rings. The van der Waals surface area contributed by atoms with Crippen molar-refractivity contribution in [1.82, 2.24) is 0 Å². The van der Waals surface area contributed by atoms with Gasteiger partial charge in [-0.3, -0.25) is 0 Å². The Hall–Kier alpha value is -2.60. The number of hydrogen-bond donors (Lipinski definition) is 0. The third-order valence-electron chi connectivity index (χ3n) is 4.39. The van der Waals surface area contributed by atoms with Gasteiger partial charge in [0.15, 0.2) is 0 Å². The molecule has 0 N–H and O–H groups in total. The van der Waals surface area contributed by atoms with Crippen LogP contribution in [0.25, 0.3) is 33.4 Å². The minimum atomic E-state index is 1.24. The first-order valence-electron chi connectivity index (χ1n) is 8.36. The van der Waals surface area contributed by atoms with Crippen molar-refractivity contribution in [3.63, 3.8) is 0 Å². The SMILES string of the molecule is [SeH]c1c(-c2ccccc2)cc(-c2ccccc2)cc1-c1ccccc1. The van der Waals surface area contributed by atoms with Crippen LogP contribution in [0.5, 0.6) is 0 Å². The van der Waals surface area contributed by atoms with Gasteiger partial charge in [-0.25, -0.2) is 0 Å². The van der Waals surface area contributed by atoms with Gasteiger partial charge >= 0.3 is 157 Å². The number of benzene rings is 4. The van der Waals surface area contributed by atoms with Gasteiger partial charge in [-0.15, -0.1) is 0 Å². The molecule has 0 nitrogen and oxygen atoms in total. The van der Waals surface area contributed by atoms with Crippen molar-refractivity contribution >= 4 is 20.5 Å². The van der Waals surface area contributed by atoms with Crippen molar-refractivity contribution in [2.45, 2.75) is 0 Å². The van der Waals surface area contributed by atoms with Crippen LogP contribution in [0.15, 0.2) is 103 Å². The molecule has 0 aliphatic carbocycles. The van der Waals surface area contributed by atoms with Gasteiger partial charge < -0.3 is 0 Å². The molecule has 0 aromatic heterocycles. The van der Waals surface area contributed by atoms with E-state index in [0.717, 1.165) is 0 Å². The fraction of sp³-hybridized carbons (Fsp3) is 0. The molecular formula is C24H18Se. The average molecular weight is 385 g/mol. The zero-order chi connectivity index (χ0) is 17.1. The van der Waals surface area contributed by atoms with E-state index >= 15 is 0 Å². The topological polar surface area (TPSA) is 0 Å². The van der Waals surface area contributed by atoms with Crippen LogP contribution in [0.3, 0.4) is 0 Å². The first-order valence-corrected chi connectivity index (χ1v) is 9.30. The summed E-state index contributed by atoms with van der Waals surface area (Å²) in [5.41, 5.74) is 7.50. The Labute approximate surface area is 157 Å². The van der Waals surface area contributed by atoms with Crippen LogP contribution in [-0.2, 0) is 0 Å². The molecule has 4 aromatic rings. The molecule has 4 aromatic carbocycles. The van der Waals surface area contributed by atoms with Gasteiger partial charge in [-0.1, -0.05) is 0 Å². The Morgan fingerprint density at radius 2 is 0.760 bits per heavy atom. The van der Waals surface area contributed by atoms with E-state index in [2.05, 4.69) is 119 Å². The van der Waals surface area contributed by atoms with E-state index < -0.39 is 0 Å². The van der Waals surface area contributed by atoms with Crippen molar-refractivity contribution in [3.05, 3.63) is 103 Å². The molecule has 0 heterocycles. The summed E-state index contributed by atoms with van der Waals surface area (Å²) < 4.78 is 1.25. The molecule has 0 aliphatic heterocycles. The maximum absolute atomic E-state index is 2.77. The van der Waals surface area contributed by atoms with E-state index in [1.165, 1.54) is 37.8 Å². The Bertz CT molecular complexity index is 914. The fourth-order valence-corrected chi connectivity index (χ4v) is 3.92. The quantitative estimate of drug-likeness (QED) is 0.425. The molecule has 0 amide bonds. The van der Waals surface area contributed by atoms with E-state index in [1.807, 2.05) is 0 Å². The van der Waals surface area contributed by atoms with Crippen molar-refractivity contribution in [3.8, 4) is 33.4 Å². The Kier molecular flexibility index (Phi) is 4.52. The molecule has 0 bridgehead atoms. The van der Waals surface area contributed by atoms with Gasteiger partial charge in [-0.05, 0) is 0 Å². The predicted molar refractivity (Wildman–Crippen MR) is 110 cm³/mol. The third-order valence-corrected chi connectivity index (χ3v) is 5.40. The fourth-order valence-electron chi connectivity index (χ4n) is 3.11. The van der Waals surface area contributed by atoms with E-state index in [4.69, 9.17) is 0 Å². The third kappa shape index (κ3) is 3.30. The molecule has 0 saturated carbocycles. The second-order valence-electron chi connectivity index (χ2n) is 6.02. The van der Waals surface area contributed by atoms with Crippen molar-refractivity contribution in [2.75, 3.05) is 0 Å². The summed E-state index contributed by atoms with van der Waals surface area (Å²) in [5.74, 6) is 0. The minimum absolute atomic E-state index is 1.24. The van der Waals surface area contributed by atoms with E-state index in [1.54, 1.807) is 0 Å². The summed E-state index contributed by atoms with van der Waals surface area (Å²) in [6.45, 7) is 0. The zero-order valence-electron chi connectivity index (χ0n) is 13.8. The van der Waals surface area contributed by atoms with E-state index in [9.17, 15) is 0 Å². The summed E-state index contributed by atoms with van der Waals surface area (Å²) in [5, 5.41) is 0. The molecule has 0 atom stereocenters. The van der Waals surface area contributed by atoms with Gasteiger partial charge in [0.1, 0.15) is 0 Å². The molecule has 0 saturated heterocycles. The van der Waals surface area contributed by atoms with E-state index in [0.29, 0.717) is 0 Å². The van der Waals surface area contributed by atoms with Crippen LogP contribution in [0.4, 0.5) is 0 Å². The second-order valence-corrected chi connectivity index (χ2v) is 6.96. The molecule has 0 spiro atoms. The second kappa shape index (κ2) is 7.11. The Morgan fingerprint density at radius 1 is 0.400 bits per heavy atom.